The second-order valence-corrected chi connectivity index (χ2v) is 7.73. The summed E-state index contributed by atoms with van der Waals surface area (Å²) < 4.78 is 34.9. The molecule has 2 saturated heterocycles. The van der Waals surface area contributed by atoms with Crippen molar-refractivity contribution in [2.24, 2.45) is 0 Å². The SMILES string of the molecule is O=c1[nH]c(CN2CC(c3c(F)cccc3F)C2)nn2c(C3CCOCC3)ncc12. The summed E-state index contributed by atoms with van der Waals surface area (Å²) in [4.78, 5) is 21.7. The fourth-order valence-corrected chi connectivity index (χ4v) is 4.26. The predicted octanol–water partition coefficient (Wildman–Crippen LogP) is 2.19. The van der Waals surface area contributed by atoms with E-state index in [1.165, 1.54) is 18.2 Å². The molecule has 0 spiro atoms. The second-order valence-electron chi connectivity index (χ2n) is 7.73. The number of nitrogens with one attached hydrogen (secondary N) is 1. The Morgan fingerprint density at radius 2 is 1.86 bits per heavy atom. The highest BCUT2D eigenvalue weighted by Crippen LogP contribution is 2.31. The molecule has 0 radical (unpaired) electrons. The minimum atomic E-state index is -0.512. The van der Waals surface area contributed by atoms with E-state index < -0.39 is 11.6 Å². The first kappa shape index (κ1) is 18.4. The zero-order valence-corrected chi connectivity index (χ0v) is 15.8. The number of aromatic nitrogens is 4. The molecule has 2 aliphatic rings. The highest BCUT2D eigenvalue weighted by Gasteiger charge is 2.32. The lowest BCUT2D eigenvalue weighted by molar-refractivity contribution is 0.0832. The van der Waals surface area contributed by atoms with Crippen LogP contribution in [-0.2, 0) is 11.3 Å². The minimum Gasteiger partial charge on any atom is -0.381 e. The van der Waals surface area contributed by atoms with Crippen molar-refractivity contribution in [3.05, 3.63) is 63.6 Å². The summed E-state index contributed by atoms with van der Waals surface area (Å²) in [5.74, 6) is 0.291. The van der Waals surface area contributed by atoms with E-state index in [-0.39, 0.29) is 23.0 Å². The van der Waals surface area contributed by atoms with Crippen LogP contribution in [0.2, 0.25) is 0 Å². The maximum Gasteiger partial charge on any atom is 0.276 e. The smallest absolute Gasteiger partial charge is 0.276 e. The van der Waals surface area contributed by atoms with Gasteiger partial charge in [-0.2, -0.15) is 5.10 Å². The van der Waals surface area contributed by atoms with Gasteiger partial charge in [-0.3, -0.25) is 9.69 Å². The summed E-state index contributed by atoms with van der Waals surface area (Å²) in [6.07, 6.45) is 3.26. The van der Waals surface area contributed by atoms with Crippen LogP contribution in [0.4, 0.5) is 8.78 Å². The number of aromatic amines is 1. The van der Waals surface area contributed by atoms with Crippen molar-refractivity contribution in [2.75, 3.05) is 26.3 Å². The fraction of sp³-hybridized carbons (Fsp3) is 0.450. The highest BCUT2D eigenvalue weighted by atomic mass is 19.1. The Hall–Kier alpha value is -2.65. The summed E-state index contributed by atoms with van der Waals surface area (Å²) in [5, 5.41) is 4.59. The van der Waals surface area contributed by atoms with Gasteiger partial charge in [-0.1, -0.05) is 6.07 Å². The molecule has 4 heterocycles. The number of imidazole rings is 1. The number of hydrogen-bond donors (Lipinski definition) is 1. The number of likely N-dealkylation sites (tertiary alicyclic amines) is 1. The molecule has 0 amide bonds. The van der Waals surface area contributed by atoms with Gasteiger partial charge in [0.2, 0.25) is 0 Å². The molecule has 29 heavy (non-hydrogen) atoms. The molecule has 1 N–H and O–H groups in total. The van der Waals surface area contributed by atoms with Crippen LogP contribution >= 0.6 is 0 Å². The number of nitrogens with zero attached hydrogens (tertiary/aromatic N) is 4. The molecule has 2 aromatic heterocycles. The molecule has 2 aliphatic heterocycles. The molecule has 1 aromatic carbocycles. The summed E-state index contributed by atoms with van der Waals surface area (Å²) in [6.45, 7) is 2.78. The largest absolute Gasteiger partial charge is 0.381 e. The van der Waals surface area contributed by atoms with Crippen molar-refractivity contribution in [3.63, 3.8) is 0 Å². The molecule has 0 bridgehead atoms. The molecule has 0 aliphatic carbocycles. The Kier molecular flexibility index (Phi) is 4.63. The van der Waals surface area contributed by atoms with Crippen LogP contribution in [0, 0.1) is 11.6 Å². The molecule has 9 heteroatoms. The van der Waals surface area contributed by atoms with Gasteiger partial charge in [-0.05, 0) is 25.0 Å². The third-order valence-corrected chi connectivity index (χ3v) is 5.80. The molecule has 7 nitrogen and oxygen atoms in total. The summed E-state index contributed by atoms with van der Waals surface area (Å²) >= 11 is 0. The van der Waals surface area contributed by atoms with Gasteiger partial charge >= 0.3 is 0 Å². The van der Waals surface area contributed by atoms with Gasteiger partial charge in [0.1, 0.15) is 23.3 Å². The van der Waals surface area contributed by atoms with E-state index in [4.69, 9.17) is 4.74 Å². The van der Waals surface area contributed by atoms with E-state index in [0.29, 0.717) is 44.2 Å². The van der Waals surface area contributed by atoms with Crippen molar-refractivity contribution in [1.29, 1.82) is 0 Å². The molecule has 5 rings (SSSR count). The maximum absolute atomic E-state index is 14.0. The summed E-state index contributed by atoms with van der Waals surface area (Å²) in [7, 11) is 0. The van der Waals surface area contributed by atoms with Crippen molar-refractivity contribution in [1.82, 2.24) is 24.5 Å². The fourth-order valence-electron chi connectivity index (χ4n) is 4.26. The lowest BCUT2D eigenvalue weighted by Gasteiger charge is -2.39. The Morgan fingerprint density at radius 3 is 2.59 bits per heavy atom. The van der Waals surface area contributed by atoms with E-state index in [9.17, 15) is 13.6 Å². The number of ether oxygens (including phenoxy) is 1. The Balaban J connectivity index is 1.34. The van der Waals surface area contributed by atoms with Crippen LogP contribution in [0.3, 0.4) is 0 Å². The molecule has 2 fully saturated rings. The Morgan fingerprint density at radius 1 is 1.14 bits per heavy atom. The van der Waals surface area contributed by atoms with Gasteiger partial charge in [-0.15, -0.1) is 0 Å². The molecular weight excluding hydrogens is 380 g/mol. The lowest BCUT2D eigenvalue weighted by atomic mass is 9.90. The minimum absolute atomic E-state index is 0.136. The van der Waals surface area contributed by atoms with Crippen molar-refractivity contribution in [3.8, 4) is 0 Å². The monoisotopic (exact) mass is 401 g/mol. The molecular formula is C20H21F2N5O2. The number of halogens is 2. The first-order chi connectivity index (χ1) is 14.1. The summed E-state index contributed by atoms with van der Waals surface area (Å²) in [5.41, 5.74) is 0.320. The lowest BCUT2D eigenvalue weighted by Crippen LogP contribution is -2.45. The zero-order chi connectivity index (χ0) is 20.0. The molecule has 0 unspecified atom stereocenters. The molecule has 0 saturated carbocycles. The van der Waals surface area contributed by atoms with Crippen LogP contribution < -0.4 is 5.56 Å². The van der Waals surface area contributed by atoms with Gasteiger partial charge in [-0.25, -0.2) is 18.3 Å². The van der Waals surface area contributed by atoms with Gasteiger partial charge < -0.3 is 9.72 Å². The normalized spacial score (nSPS) is 19.0. The Bertz CT molecular complexity index is 1080. The molecule has 0 atom stereocenters. The predicted molar refractivity (Wildman–Crippen MR) is 101 cm³/mol. The van der Waals surface area contributed by atoms with Crippen LogP contribution in [-0.4, -0.2) is 50.8 Å². The number of hydrogen-bond acceptors (Lipinski definition) is 5. The van der Waals surface area contributed by atoms with E-state index >= 15 is 0 Å². The standard InChI is InChI=1S/C20H21F2N5O2/c21-14-2-1-3-15(22)18(14)13-9-26(10-13)11-17-24-20(28)16-8-23-19(27(16)25-17)12-4-6-29-7-5-12/h1-3,8,12-13H,4-7,9-11H2,(H,24,25,28). The first-order valence-corrected chi connectivity index (χ1v) is 9.81. The first-order valence-electron chi connectivity index (χ1n) is 9.81. The molecule has 3 aromatic rings. The molecule has 152 valence electrons. The van der Waals surface area contributed by atoms with Gasteiger partial charge in [0.15, 0.2) is 5.52 Å². The van der Waals surface area contributed by atoms with E-state index in [1.54, 1.807) is 10.7 Å². The maximum atomic E-state index is 14.0. The van der Waals surface area contributed by atoms with E-state index in [0.717, 1.165) is 18.7 Å². The van der Waals surface area contributed by atoms with Crippen molar-refractivity contribution >= 4 is 5.52 Å². The quantitative estimate of drug-likeness (QED) is 0.725. The van der Waals surface area contributed by atoms with Crippen LogP contribution in [0.5, 0.6) is 0 Å². The summed E-state index contributed by atoms with van der Waals surface area (Å²) in [6, 6.07) is 3.94. The number of benzene rings is 1. The van der Waals surface area contributed by atoms with Gasteiger partial charge in [0, 0.05) is 43.7 Å². The number of rotatable bonds is 4. The third kappa shape index (κ3) is 3.34. The topological polar surface area (TPSA) is 75.5 Å². The van der Waals surface area contributed by atoms with Crippen LogP contribution in [0.25, 0.3) is 5.52 Å². The second kappa shape index (κ2) is 7.31. The number of fused-ring (bicyclic) bond motifs is 1. The zero-order valence-electron chi connectivity index (χ0n) is 15.8. The van der Waals surface area contributed by atoms with Crippen LogP contribution in [0.1, 0.15) is 41.9 Å². The average Bonchev–Trinajstić information content (AvgIpc) is 3.11. The number of H-pyrrole nitrogens is 1. The third-order valence-electron chi connectivity index (χ3n) is 5.80. The van der Waals surface area contributed by atoms with E-state index in [2.05, 4.69) is 15.1 Å². The van der Waals surface area contributed by atoms with Crippen molar-refractivity contribution in [2.45, 2.75) is 31.2 Å². The van der Waals surface area contributed by atoms with Crippen molar-refractivity contribution < 1.29 is 13.5 Å². The average molecular weight is 401 g/mol. The Labute approximate surface area is 165 Å². The van der Waals surface area contributed by atoms with Crippen LogP contribution in [0.15, 0.2) is 29.2 Å². The van der Waals surface area contributed by atoms with E-state index in [1.807, 2.05) is 4.90 Å². The van der Waals surface area contributed by atoms with Gasteiger partial charge in [0.25, 0.3) is 5.56 Å². The highest BCUT2D eigenvalue weighted by molar-refractivity contribution is 5.42. The van der Waals surface area contributed by atoms with Gasteiger partial charge in [0.05, 0.1) is 12.7 Å².